The third-order valence-electron chi connectivity index (χ3n) is 7.41. The molecule has 0 saturated carbocycles. The highest BCUT2D eigenvalue weighted by Crippen LogP contribution is 2.40. The standard InChI is InChI=1S/C27H37N5OS/c1-19(28)16-20-8-14-32(15-9-20)27-29-25(31-12-10-21(11-13-31)17-33-2)24-23(18-34-26(24)30-27)22-6-4-3-5-7-22/h3-7,18-21H,8-17,28H2,1-2H3. The van der Waals surface area contributed by atoms with Crippen LogP contribution in [0, 0.1) is 11.8 Å². The molecule has 5 rings (SSSR count). The molecule has 182 valence electrons. The molecule has 0 amide bonds. The second-order valence-electron chi connectivity index (χ2n) is 10.1. The van der Waals surface area contributed by atoms with Crippen molar-refractivity contribution in [1.82, 2.24) is 9.97 Å². The molecule has 1 unspecified atom stereocenters. The van der Waals surface area contributed by atoms with Crippen LogP contribution in [0.5, 0.6) is 0 Å². The molecule has 2 N–H and O–H groups in total. The molecule has 3 aromatic rings. The zero-order chi connectivity index (χ0) is 23.5. The van der Waals surface area contributed by atoms with Crippen LogP contribution in [-0.2, 0) is 4.74 Å². The average molecular weight is 480 g/mol. The molecule has 2 saturated heterocycles. The Morgan fingerprint density at radius 3 is 2.35 bits per heavy atom. The number of benzene rings is 1. The van der Waals surface area contributed by atoms with Crippen molar-refractivity contribution in [2.45, 2.75) is 45.1 Å². The highest BCUT2D eigenvalue weighted by Gasteiger charge is 2.27. The molecule has 0 spiro atoms. The lowest BCUT2D eigenvalue weighted by Gasteiger charge is -2.35. The van der Waals surface area contributed by atoms with Gasteiger partial charge in [-0.05, 0) is 56.4 Å². The number of hydrogen-bond acceptors (Lipinski definition) is 7. The first-order valence-corrected chi connectivity index (χ1v) is 13.6. The molecule has 2 aromatic heterocycles. The van der Waals surface area contributed by atoms with E-state index in [2.05, 4.69) is 52.4 Å². The zero-order valence-corrected chi connectivity index (χ0v) is 21.3. The van der Waals surface area contributed by atoms with E-state index < -0.39 is 0 Å². The van der Waals surface area contributed by atoms with E-state index in [0.717, 1.165) is 68.6 Å². The van der Waals surface area contributed by atoms with Gasteiger partial charge < -0.3 is 20.3 Å². The minimum absolute atomic E-state index is 0.277. The van der Waals surface area contributed by atoms with Crippen LogP contribution in [0.15, 0.2) is 35.7 Å². The van der Waals surface area contributed by atoms with E-state index in [4.69, 9.17) is 20.4 Å². The van der Waals surface area contributed by atoms with E-state index >= 15 is 0 Å². The van der Waals surface area contributed by atoms with Gasteiger partial charge in [-0.25, -0.2) is 4.98 Å². The second-order valence-corrected chi connectivity index (χ2v) is 10.9. The molecule has 34 heavy (non-hydrogen) atoms. The van der Waals surface area contributed by atoms with Crippen LogP contribution in [0.1, 0.15) is 39.0 Å². The summed E-state index contributed by atoms with van der Waals surface area (Å²) >= 11 is 1.74. The van der Waals surface area contributed by atoms with Crippen LogP contribution in [0.25, 0.3) is 21.3 Å². The van der Waals surface area contributed by atoms with Crippen molar-refractivity contribution in [1.29, 1.82) is 0 Å². The molecule has 0 radical (unpaired) electrons. The van der Waals surface area contributed by atoms with Crippen molar-refractivity contribution in [3.05, 3.63) is 35.7 Å². The molecule has 1 atom stereocenters. The predicted octanol–water partition coefficient (Wildman–Crippen LogP) is 5.17. The van der Waals surface area contributed by atoms with Gasteiger partial charge in [0.05, 0.1) is 5.39 Å². The number of ether oxygens (including phenoxy) is 1. The van der Waals surface area contributed by atoms with Gasteiger partial charge in [-0.2, -0.15) is 4.98 Å². The van der Waals surface area contributed by atoms with E-state index in [-0.39, 0.29) is 6.04 Å². The molecule has 0 aliphatic carbocycles. The number of nitrogens with zero attached hydrogens (tertiary/aromatic N) is 4. The molecule has 7 heteroatoms. The fourth-order valence-electron chi connectivity index (χ4n) is 5.55. The molecule has 0 bridgehead atoms. The normalized spacial score (nSPS) is 19.1. The number of aromatic nitrogens is 2. The predicted molar refractivity (Wildman–Crippen MR) is 143 cm³/mol. The summed E-state index contributed by atoms with van der Waals surface area (Å²) in [6, 6.07) is 10.9. The average Bonchev–Trinajstić information content (AvgIpc) is 3.29. The third-order valence-corrected chi connectivity index (χ3v) is 8.28. The summed E-state index contributed by atoms with van der Waals surface area (Å²) in [5, 5.41) is 3.46. The molecule has 2 aliphatic heterocycles. The maximum Gasteiger partial charge on any atom is 0.228 e. The van der Waals surface area contributed by atoms with E-state index in [0.29, 0.717) is 11.8 Å². The Kier molecular flexibility index (Phi) is 7.32. The molecular formula is C27H37N5OS. The van der Waals surface area contributed by atoms with Crippen LogP contribution in [0.2, 0.25) is 0 Å². The lowest BCUT2D eigenvalue weighted by Crippen LogP contribution is -2.38. The number of anilines is 2. The fraction of sp³-hybridized carbons (Fsp3) is 0.556. The molecule has 6 nitrogen and oxygen atoms in total. The summed E-state index contributed by atoms with van der Waals surface area (Å²) in [4.78, 5) is 16.3. The van der Waals surface area contributed by atoms with Gasteiger partial charge in [0, 0.05) is 56.9 Å². The van der Waals surface area contributed by atoms with Crippen molar-refractivity contribution >= 4 is 33.3 Å². The summed E-state index contributed by atoms with van der Waals surface area (Å²) < 4.78 is 5.43. The second kappa shape index (κ2) is 10.6. The first-order valence-electron chi connectivity index (χ1n) is 12.7. The van der Waals surface area contributed by atoms with Crippen LogP contribution >= 0.6 is 11.3 Å². The largest absolute Gasteiger partial charge is 0.384 e. The molecule has 2 fully saturated rings. The van der Waals surface area contributed by atoms with Crippen molar-refractivity contribution < 1.29 is 4.74 Å². The summed E-state index contributed by atoms with van der Waals surface area (Å²) in [5.74, 6) is 3.35. The van der Waals surface area contributed by atoms with Crippen molar-refractivity contribution in [3.63, 3.8) is 0 Å². The number of thiophene rings is 1. The minimum Gasteiger partial charge on any atom is -0.384 e. The number of hydrogen-bond donors (Lipinski definition) is 1. The summed E-state index contributed by atoms with van der Waals surface area (Å²) in [7, 11) is 1.81. The Morgan fingerprint density at radius 2 is 1.68 bits per heavy atom. The minimum atomic E-state index is 0.277. The number of methoxy groups -OCH3 is 1. The first kappa shape index (κ1) is 23.5. The van der Waals surface area contributed by atoms with Crippen LogP contribution in [0.3, 0.4) is 0 Å². The van der Waals surface area contributed by atoms with Gasteiger partial charge in [-0.3, -0.25) is 0 Å². The molecular weight excluding hydrogens is 442 g/mol. The van der Waals surface area contributed by atoms with E-state index in [1.807, 2.05) is 7.11 Å². The van der Waals surface area contributed by atoms with Crippen LogP contribution < -0.4 is 15.5 Å². The molecule has 1 aromatic carbocycles. The smallest absolute Gasteiger partial charge is 0.228 e. The van der Waals surface area contributed by atoms with Gasteiger partial charge in [0.2, 0.25) is 5.95 Å². The highest BCUT2D eigenvalue weighted by molar-refractivity contribution is 7.17. The van der Waals surface area contributed by atoms with Crippen LogP contribution in [-0.4, -0.2) is 55.9 Å². The Hall–Kier alpha value is -2.22. The number of rotatable bonds is 7. The van der Waals surface area contributed by atoms with Gasteiger partial charge >= 0.3 is 0 Å². The fourth-order valence-corrected chi connectivity index (χ4v) is 6.49. The maximum absolute atomic E-state index is 6.06. The van der Waals surface area contributed by atoms with Gasteiger partial charge in [-0.1, -0.05) is 30.3 Å². The van der Waals surface area contributed by atoms with Gasteiger partial charge in [0.25, 0.3) is 0 Å². The first-order chi connectivity index (χ1) is 16.6. The maximum atomic E-state index is 6.06. The number of fused-ring (bicyclic) bond motifs is 1. The van der Waals surface area contributed by atoms with E-state index in [1.165, 1.54) is 29.4 Å². The SMILES string of the molecule is COCC1CCN(c2nc(N3CCC(CC(C)N)CC3)nc3scc(-c4ccccc4)c23)CC1. The van der Waals surface area contributed by atoms with E-state index in [9.17, 15) is 0 Å². The summed E-state index contributed by atoms with van der Waals surface area (Å²) in [5.41, 5.74) is 8.54. The number of piperidine rings is 2. The monoisotopic (exact) mass is 479 g/mol. The van der Waals surface area contributed by atoms with Gasteiger partial charge in [0.1, 0.15) is 10.6 Å². The Balaban J connectivity index is 1.47. The summed E-state index contributed by atoms with van der Waals surface area (Å²) in [6.45, 7) is 7.01. The quantitative estimate of drug-likeness (QED) is 0.504. The third kappa shape index (κ3) is 5.07. The lowest BCUT2D eigenvalue weighted by atomic mass is 9.91. The van der Waals surface area contributed by atoms with Crippen molar-refractivity contribution in [3.8, 4) is 11.1 Å². The molecule has 4 heterocycles. The number of nitrogens with two attached hydrogens (primary N) is 1. The Morgan fingerprint density at radius 1 is 1.00 bits per heavy atom. The van der Waals surface area contributed by atoms with Crippen molar-refractivity contribution in [2.75, 3.05) is 49.7 Å². The van der Waals surface area contributed by atoms with Gasteiger partial charge in [0.15, 0.2) is 0 Å². The summed E-state index contributed by atoms with van der Waals surface area (Å²) in [6.07, 6.45) is 5.73. The van der Waals surface area contributed by atoms with Gasteiger partial charge in [-0.15, -0.1) is 11.3 Å². The zero-order valence-electron chi connectivity index (χ0n) is 20.4. The van der Waals surface area contributed by atoms with Crippen molar-refractivity contribution in [2.24, 2.45) is 17.6 Å². The van der Waals surface area contributed by atoms with Crippen LogP contribution in [0.4, 0.5) is 11.8 Å². The lowest BCUT2D eigenvalue weighted by molar-refractivity contribution is 0.139. The highest BCUT2D eigenvalue weighted by atomic mass is 32.1. The van der Waals surface area contributed by atoms with E-state index in [1.54, 1.807) is 11.3 Å². The molecule has 2 aliphatic rings. The topological polar surface area (TPSA) is 67.5 Å². The Bertz CT molecular complexity index is 1070. The Labute approximate surface area is 207 Å².